The fraction of sp³-hybridized carbons (Fsp3) is 0.867. The molecule has 0 bridgehead atoms. The van der Waals surface area contributed by atoms with Gasteiger partial charge in [-0.15, -0.1) is 0 Å². The van der Waals surface area contributed by atoms with E-state index in [1.807, 2.05) is 11.8 Å². The zero-order chi connectivity index (χ0) is 14.4. The van der Waals surface area contributed by atoms with Crippen LogP contribution in [0.1, 0.15) is 45.4 Å². The van der Waals surface area contributed by atoms with Crippen LogP contribution in [0.25, 0.3) is 0 Å². The van der Waals surface area contributed by atoms with Crippen LogP contribution in [-0.4, -0.2) is 48.9 Å². The summed E-state index contributed by atoms with van der Waals surface area (Å²) in [4.78, 5) is 25.7. The lowest BCUT2D eigenvalue weighted by Gasteiger charge is -2.34. The van der Waals surface area contributed by atoms with Crippen molar-refractivity contribution in [2.24, 2.45) is 5.92 Å². The minimum Gasteiger partial charge on any atom is -0.347 e. The summed E-state index contributed by atoms with van der Waals surface area (Å²) in [6.07, 6.45) is 6.70. The Bertz CT molecular complexity index is 340. The van der Waals surface area contributed by atoms with Gasteiger partial charge in [-0.1, -0.05) is 25.7 Å². The van der Waals surface area contributed by atoms with E-state index in [4.69, 9.17) is 0 Å². The van der Waals surface area contributed by atoms with Crippen LogP contribution < -0.4 is 10.6 Å². The molecule has 5 heteroatoms. The highest BCUT2D eigenvalue weighted by Gasteiger charge is 2.23. The van der Waals surface area contributed by atoms with Gasteiger partial charge >= 0.3 is 0 Å². The number of nitrogens with zero attached hydrogens (tertiary/aromatic N) is 1. The summed E-state index contributed by atoms with van der Waals surface area (Å²) < 4.78 is 0. The standard InChI is InChI=1S/C15H27N3O2/c1-12-10-16-8-9-18(12)15(20)11-17-14(19)7-6-13-4-2-3-5-13/h12-13,16H,2-11H2,1H3,(H,17,19)/t12-/m0/s1. The van der Waals surface area contributed by atoms with Crippen LogP contribution in [0.4, 0.5) is 0 Å². The number of amides is 2. The number of carbonyl (C=O) groups excluding carboxylic acids is 2. The van der Waals surface area contributed by atoms with E-state index in [-0.39, 0.29) is 24.4 Å². The highest BCUT2D eigenvalue weighted by molar-refractivity contribution is 5.84. The minimum absolute atomic E-state index is 0.0213. The SMILES string of the molecule is C[C@H]1CNCCN1C(=O)CNC(=O)CCC1CCCC1. The molecule has 1 heterocycles. The first-order valence-electron chi connectivity index (χ1n) is 7.93. The van der Waals surface area contributed by atoms with Gasteiger partial charge in [0, 0.05) is 32.1 Å². The first kappa shape index (κ1) is 15.3. The molecule has 2 aliphatic rings. The van der Waals surface area contributed by atoms with E-state index in [0.717, 1.165) is 32.0 Å². The van der Waals surface area contributed by atoms with E-state index in [2.05, 4.69) is 10.6 Å². The number of piperazine rings is 1. The van der Waals surface area contributed by atoms with Crippen LogP contribution >= 0.6 is 0 Å². The summed E-state index contributed by atoms with van der Waals surface area (Å²) in [5.41, 5.74) is 0. The molecule has 2 rings (SSSR count). The Morgan fingerprint density at radius 2 is 2.05 bits per heavy atom. The molecule has 2 N–H and O–H groups in total. The van der Waals surface area contributed by atoms with Crippen LogP contribution in [0.5, 0.6) is 0 Å². The van der Waals surface area contributed by atoms with Crippen molar-refractivity contribution < 1.29 is 9.59 Å². The van der Waals surface area contributed by atoms with E-state index < -0.39 is 0 Å². The zero-order valence-corrected chi connectivity index (χ0v) is 12.5. The van der Waals surface area contributed by atoms with Crippen molar-refractivity contribution in [1.82, 2.24) is 15.5 Å². The fourth-order valence-electron chi connectivity index (χ4n) is 3.21. The molecule has 0 aromatic carbocycles. The lowest BCUT2D eigenvalue weighted by Crippen LogP contribution is -2.54. The average molecular weight is 281 g/mol. The highest BCUT2D eigenvalue weighted by Crippen LogP contribution is 2.28. The molecule has 0 spiro atoms. The summed E-state index contributed by atoms with van der Waals surface area (Å²) in [7, 11) is 0. The van der Waals surface area contributed by atoms with Gasteiger partial charge < -0.3 is 15.5 Å². The summed E-state index contributed by atoms with van der Waals surface area (Å²) in [5, 5.41) is 6.03. The van der Waals surface area contributed by atoms with Crippen LogP contribution in [0.3, 0.4) is 0 Å². The molecule has 1 aliphatic carbocycles. The smallest absolute Gasteiger partial charge is 0.242 e. The van der Waals surface area contributed by atoms with Crippen molar-refractivity contribution in [3.63, 3.8) is 0 Å². The van der Waals surface area contributed by atoms with E-state index in [1.165, 1.54) is 25.7 Å². The molecule has 5 nitrogen and oxygen atoms in total. The molecule has 114 valence electrons. The van der Waals surface area contributed by atoms with Crippen LogP contribution in [0.15, 0.2) is 0 Å². The molecule has 0 unspecified atom stereocenters. The Morgan fingerprint density at radius 3 is 2.75 bits per heavy atom. The molecule has 1 saturated heterocycles. The number of hydrogen-bond donors (Lipinski definition) is 2. The number of carbonyl (C=O) groups is 2. The molecule has 0 aromatic rings. The summed E-state index contributed by atoms with van der Waals surface area (Å²) in [6, 6.07) is 0.214. The summed E-state index contributed by atoms with van der Waals surface area (Å²) in [5.74, 6) is 0.783. The van der Waals surface area contributed by atoms with Gasteiger partial charge in [-0.2, -0.15) is 0 Å². The monoisotopic (exact) mass is 281 g/mol. The van der Waals surface area contributed by atoms with Crippen molar-refractivity contribution >= 4 is 11.8 Å². The van der Waals surface area contributed by atoms with E-state index in [1.54, 1.807) is 0 Å². The van der Waals surface area contributed by atoms with Gasteiger partial charge in [0.1, 0.15) is 0 Å². The third-order valence-corrected chi connectivity index (χ3v) is 4.51. The molecule has 20 heavy (non-hydrogen) atoms. The molecule has 0 radical (unpaired) electrons. The Labute approximate surface area is 121 Å². The first-order chi connectivity index (χ1) is 9.66. The zero-order valence-electron chi connectivity index (χ0n) is 12.5. The normalized spacial score (nSPS) is 23.9. The van der Waals surface area contributed by atoms with E-state index in [0.29, 0.717) is 6.42 Å². The molecular weight excluding hydrogens is 254 g/mol. The Morgan fingerprint density at radius 1 is 1.30 bits per heavy atom. The highest BCUT2D eigenvalue weighted by atomic mass is 16.2. The Balaban J connectivity index is 1.63. The van der Waals surface area contributed by atoms with Gasteiger partial charge in [0.25, 0.3) is 0 Å². The molecule has 1 atom stereocenters. The fourth-order valence-corrected chi connectivity index (χ4v) is 3.21. The van der Waals surface area contributed by atoms with Gasteiger partial charge in [-0.3, -0.25) is 9.59 Å². The summed E-state index contributed by atoms with van der Waals surface area (Å²) >= 11 is 0. The van der Waals surface area contributed by atoms with Crippen molar-refractivity contribution in [1.29, 1.82) is 0 Å². The second-order valence-electron chi connectivity index (χ2n) is 6.11. The predicted octanol–water partition coefficient (Wildman–Crippen LogP) is 0.893. The maximum absolute atomic E-state index is 12.1. The van der Waals surface area contributed by atoms with Crippen molar-refractivity contribution in [2.75, 3.05) is 26.2 Å². The predicted molar refractivity (Wildman–Crippen MR) is 78.2 cm³/mol. The van der Waals surface area contributed by atoms with Crippen LogP contribution in [-0.2, 0) is 9.59 Å². The third kappa shape index (κ3) is 4.47. The number of hydrogen-bond acceptors (Lipinski definition) is 3. The van der Waals surface area contributed by atoms with Gasteiger partial charge in [-0.25, -0.2) is 0 Å². The topological polar surface area (TPSA) is 61.4 Å². The van der Waals surface area contributed by atoms with Crippen LogP contribution in [0.2, 0.25) is 0 Å². The molecule has 2 fully saturated rings. The van der Waals surface area contributed by atoms with E-state index in [9.17, 15) is 9.59 Å². The third-order valence-electron chi connectivity index (χ3n) is 4.51. The quantitative estimate of drug-likeness (QED) is 0.787. The second-order valence-corrected chi connectivity index (χ2v) is 6.11. The average Bonchev–Trinajstić information content (AvgIpc) is 2.96. The Kier molecular flexibility index (Phi) is 5.83. The molecular formula is C15H27N3O2. The van der Waals surface area contributed by atoms with Crippen molar-refractivity contribution in [3.05, 3.63) is 0 Å². The lowest BCUT2D eigenvalue weighted by molar-refractivity contribution is -0.135. The molecule has 1 aliphatic heterocycles. The Hall–Kier alpha value is -1.10. The lowest BCUT2D eigenvalue weighted by atomic mass is 10.0. The van der Waals surface area contributed by atoms with Gasteiger partial charge in [0.05, 0.1) is 6.54 Å². The van der Waals surface area contributed by atoms with Gasteiger partial charge in [0.2, 0.25) is 11.8 Å². The second kappa shape index (κ2) is 7.62. The van der Waals surface area contributed by atoms with Crippen molar-refractivity contribution in [3.8, 4) is 0 Å². The van der Waals surface area contributed by atoms with E-state index >= 15 is 0 Å². The van der Waals surface area contributed by atoms with Crippen LogP contribution in [0, 0.1) is 5.92 Å². The largest absolute Gasteiger partial charge is 0.347 e. The van der Waals surface area contributed by atoms with Crippen molar-refractivity contribution in [2.45, 2.75) is 51.5 Å². The van der Waals surface area contributed by atoms with Gasteiger partial charge in [0.15, 0.2) is 0 Å². The minimum atomic E-state index is 0.0213. The molecule has 2 amide bonds. The number of nitrogens with one attached hydrogen (secondary N) is 2. The maximum Gasteiger partial charge on any atom is 0.242 e. The molecule has 0 aromatic heterocycles. The summed E-state index contributed by atoms with van der Waals surface area (Å²) in [6.45, 7) is 4.59. The first-order valence-corrected chi connectivity index (χ1v) is 7.93. The maximum atomic E-state index is 12.1. The number of rotatable bonds is 5. The molecule has 1 saturated carbocycles. The van der Waals surface area contributed by atoms with Gasteiger partial charge in [-0.05, 0) is 19.3 Å².